The van der Waals surface area contributed by atoms with Crippen molar-refractivity contribution in [2.75, 3.05) is 20.8 Å². The molecule has 10 heteroatoms. The zero-order valence-corrected chi connectivity index (χ0v) is 16.9. The van der Waals surface area contributed by atoms with Gasteiger partial charge in [-0.25, -0.2) is 10.3 Å². The van der Waals surface area contributed by atoms with Crippen LogP contribution in [0.5, 0.6) is 11.5 Å². The number of hydrazone groups is 1. The highest BCUT2D eigenvalue weighted by molar-refractivity contribution is 7.89. The predicted octanol–water partition coefficient (Wildman–Crippen LogP) is 2.09. The van der Waals surface area contributed by atoms with E-state index >= 15 is 0 Å². The molecule has 2 aromatic carbocycles. The molecule has 0 aliphatic carbocycles. The van der Waals surface area contributed by atoms with Gasteiger partial charge in [0, 0.05) is 23.7 Å². The van der Waals surface area contributed by atoms with Crippen molar-refractivity contribution in [2.24, 2.45) is 11.0 Å². The highest BCUT2D eigenvalue weighted by Gasteiger charge is 2.28. The summed E-state index contributed by atoms with van der Waals surface area (Å²) in [6, 6.07) is 11.4. The molecule has 1 saturated heterocycles. The van der Waals surface area contributed by atoms with Crippen LogP contribution in [0, 0.1) is 5.92 Å². The summed E-state index contributed by atoms with van der Waals surface area (Å²) in [5, 5.41) is 4.41. The van der Waals surface area contributed by atoms with E-state index in [9.17, 15) is 8.42 Å². The standard InChI is InChI=1S/C18H21ClN4O4S/c1-26-16-8-3-12(9-17(16)27-2)18-13(10-20-22-18)11-21-23-28(24,25)15-6-4-14(19)5-7-15/h3-9,11,13,18,20,22-23H,10H2,1-2H3/b21-11-. The summed E-state index contributed by atoms with van der Waals surface area (Å²) in [7, 11) is -0.600. The summed E-state index contributed by atoms with van der Waals surface area (Å²) in [5.41, 5.74) is 7.19. The van der Waals surface area contributed by atoms with Crippen molar-refractivity contribution in [1.29, 1.82) is 0 Å². The van der Waals surface area contributed by atoms with Crippen molar-refractivity contribution < 1.29 is 17.9 Å². The molecule has 150 valence electrons. The monoisotopic (exact) mass is 424 g/mol. The van der Waals surface area contributed by atoms with Gasteiger partial charge in [-0.15, -0.1) is 0 Å². The Labute approximate surface area is 168 Å². The van der Waals surface area contributed by atoms with E-state index in [-0.39, 0.29) is 16.9 Å². The number of rotatable bonds is 7. The minimum absolute atomic E-state index is 0.0778. The number of ether oxygens (including phenoxy) is 2. The molecule has 1 heterocycles. The van der Waals surface area contributed by atoms with E-state index in [4.69, 9.17) is 21.1 Å². The zero-order chi connectivity index (χ0) is 20.1. The van der Waals surface area contributed by atoms with E-state index in [2.05, 4.69) is 20.8 Å². The van der Waals surface area contributed by atoms with E-state index in [1.807, 2.05) is 18.2 Å². The Morgan fingerprint density at radius 2 is 1.86 bits per heavy atom. The number of methoxy groups -OCH3 is 2. The summed E-state index contributed by atoms with van der Waals surface area (Å²) in [6.07, 6.45) is 1.57. The third kappa shape index (κ3) is 4.56. The highest BCUT2D eigenvalue weighted by atomic mass is 35.5. The summed E-state index contributed by atoms with van der Waals surface area (Å²) in [4.78, 5) is 2.32. The van der Waals surface area contributed by atoms with Gasteiger partial charge < -0.3 is 9.47 Å². The molecule has 0 spiro atoms. The van der Waals surface area contributed by atoms with Crippen molar-refractivity contribution in [3.8, 4) is 11.5 Å². The number of nitrogens with zero attached hydrogens (tertiary/aromatic N) is 1. The molecular formula is C18H21ClN4O4S. The lowest BCUT2D eigenvalue weighted by Gasteiger charge is -2.17. The van der Waals surface area contributed by atoms with Crippen molar-refractivity contribution in [3.63, 3.8) is 0 Å². The molecule has 0 saturated carbocycles. The molecule has 1 aliphatic rings. The van der Waals surface area contributed by atoms with E-state index in [0.29, 0.717) is 23.1 Å². The van der Waals surface area contributed by atoms with Gasteiger partial charge >= 0.3 is 0 Å². The van der Waals surface area contributed by atoms with Crippen molar-refractivity contribution >= 4 is 27.8 Å². The van der Waals surface area contributed by atoms with Crippen molar-refractivity contribution in [3.05, 3.63) is 53.1 Å². The first-order valence-electron chi connectivity index (χ1n) is 8.45. The molecular weight excluding hydrogens is 404 g/mol. The second-order valence-corrected chi connectivity index (χ2v) is 8.21. The van der Waals surface area contributed by atoms with Gasteiger partial charge in [-0.3, -0.25) is 5.43 Å². The lowest BCUT2D eigenvalue weighted by Crippen LogP contribution is -2.25. The molecule has 3 rings (SSSR count). The first-order chi connectivity index (χ1) is 13.4. The number of sulfonamides is 1. The molecule has 28 heavy (non-hydrogen) atoms. The average Bonchev–Trinajstić information content (AvgIpc) is 3.16. The van der Waals surface area contributed by atoms with E-state index in [1.165, 1.54) is 24.3 Å². The Bertz CT molecular complexity index is 951. The van der Waals surface area contributed by atoms with Gasteiger partial charge in [0.2, 0.25) is 0 Å². The third-order valence-corrected chi connectivity index (χ3v) is 5.84. The predicted molar refractivity (Wildman–Crippen MR) is 107 cm³/mol. The number of hydrazine groups is 1. The van der Waals surface area contributed by atoms with Crippen LogP contribution < -0.4 is 25.2 Å². The zero-order valence-electron chi connectivity index (χ0n) is 15.3. The van der Waals surface area contributed by atoms with E-state index in [1.54, 1.807) is 20.4 Å². The maximum absolute atomic E-state index is 12.3. The average molecular weight is 425 g/mol. The smallest absolute Gasteiger partial charge is 0.276 e. The molecule has 1 aliphatic heterocycles. The number of benzene rings is 2. The fourth-order valence-electron chi connectivity index (χ4n) is 2.89. The van der Waals surface area contributed by atoms with Gasteiger partial charge in [0.25, 0.3) is 10.0 Å². The van der Waals surface area contributed by atoms with Gasteiger partial charge in [-0.05, 0) is 42.0 Å². The molecule has 2 aromatic rings. The Kier molecular flexibility index (Phi) is 6.40. The minimum Gasteiger partial charge on any atom is -0.493 e. The van der Waals surface area contributed by atoms with Crippen molar-refractivity contribution in [2.45, 2.75) is 10.9 Å². The van der Waals surface area contributed by atoms with Crippen molar-refractivity contribution in [1.82, 2.24) is 15.7 Å². The first kappa shape index (κ1) is 20.4. The molecule has 3 N–H and O–H groups in total. The van der Waals surface area contributed by atoms with Crippen LogP contribution in [0.1, 0.15) is 11.6 Å². The van der Waals surface area contributed by atoms with Gasteiger partial charge in [0.1, 0.15) is 0 Å². The quantitative estimate of drug-likeness (QED) is 0.464. The Hall–Kier alpha value is -2.33. The van der Waals surface area contributed by atoms with Crippen LogP contribution in [-0.2, 0) is 10.0 Å². The summed E-state index contributed by atoms with van der Waals surface area (Å²) >= 11 is 5.79. The fraction of sp³-hybridized carbons (Fsp3) is 0.278. The number of hydrogen-bond donors (Lipinski definition) is 3. The molecule has 0 amide bonds. The lowest BCUT2D eigenvalue weighted by atomic mass is 9.95. The van der Waals surface area contributed by atoms with Gasteiger partial charge in [0.15, 0.2) is 11.5 Å². The second kappa shape index (κ2) is 8.78. The fourth-order valence-corrected chi connectivity index (χ4v) is 3.81. The van der Waals surface area contributed by atoms with Crippen LogP contribution in [-0.4, -0.2) is 35.4 Å². The largest absolute Gasteiger partial charge is 0.493 e. The van der Waals surface area contributed by atoms with Gasteiger partial charge in [0.05, 0.1) is 25.2 Å². The van der Waals surface area contributed by atoms with E-state index in [0.717, 1.165) is 5.56 Å². The SMILES string of the molecule is COc1ccc(C2NNCC2/C=N\NS(=O)(=O)c2ccc(Cl)cc2)cc1OC. The van der Waals surface area contributed by atoms with Gasteiger partial charge in [-0.1, -0.05) is 17.7 Å². The molecule has 2 atom stereocenters. The van der Waals surface area contributed by atoms with Crippen LogP contribution in [0.25, 0.3) is 0 Å². The number of hydrogen-bond acceptors (Lipinski definition) is 7. The topological polar surface area (TPSA) is 101 Å². The Balaban J connectivity index is 1.72. The van der Waals surface area contributed by atoms with Crippen LogP contribution in [0.2, 0.25) is 5.02 Å². The first-order valence-corrected chi connectivity index (χ1v) is 10.3. The van der Waals surface area contributed by atoms with E-state index < -0.39 is 10.0 Å². The minimum atomic E-state index is -3.75. The van der Waals surface area contributed by atoms with Crippen LogP contribution in [0.4, 0.5) is 0 Å². The number of halogens is 1. The molecule has 2 unspecified atom stereocenters. The maximum atomic E-state index is 12.3. The Morgan fingerprint density at radius 3 is 2.54 bits per heavy atom. The lowest BCUT2D eigenvalue weighted by molar-refractivity contribution is 0.353. The molecule has 8 nitrogen and oxygen atoms in total. The molecule has 0 bridgehead atoms. The van der Waals surface area contributed by atoms with Crippen LogP contribution >= 0.6 is 11.6 Å². The molecule has 1 fully saturated rings. The van der Waals surface area contributed by atoms with Gasteiger partial charge in [-0.2, -0.15) is 13.5 Å². The normalized spacial score (nSPS) is 19.7. The highest BCUT2D eigenvalue weighted by Crippen LogP contribution is 2.32. The summed E-state index contributed by atoms with van der Waals surface area (Å²) in [5.74, 6) is 1.18. The van der Waals surface area contributed by atoms with Crippen LogP contribution in [0.15, 0.2) is 52.5 Å². The summed E-state index contributed by atoms with van der Waals surface area (Å²) < 4.78 is 35.2. The summed E-state index contributed by atoms with van der Waals surface area (Å²) in [6.45, 7) is 0.588. The Morgan fingerprint density at radius 1 is 1.14 bits per heavy atom. The number of nitrogens with one attached hydrogen (secondary N) is 3. The second-order valence-electron chi connectivity index (χ2n) is 6.11. The molecule has 0 aromatic heterocycles. The van der Waals surface area contributed by atoms with Crippen LogP contribution in [0.3, 0.4) is 0 Å². The third-order valence-electron chi connectivity index (χ3n) is 4.35. The maximum Gasteiger partial charge on any atom is 0.276 e. The molecule has 0 radical (unpaired) electrons.